The maximum Gasteiger partial charge on any atom is 0.417 e. The number of aryl methyl sites for hydroxylation is 1. The van der Waals surface area contributed by atoms with Crippen LogP contribution in [0.2, 0.25) is 0 Å². The summed E-state index contributed by atoms with van der Waals surface area (Å²) in [6.45, 7) is 0. The monoisotopic (exact) mass is 326 g/mol. The number of H-pyrrole nitrogens is 1. The van der Waals surface area contributed by atoms with E-state index in [-0.39, 0.29) is 11.8 Å². The van der Waals surface area contributed by atoms with Crippen LogP contribution in [0.5, 0.6) is 0 Å². The number of aromatic amines is 1. The summed E-state index contributed by atoms with van der Waals surface area (Å²) in [6.07, 6.45) is -0.00644. The molecule has 6 nitrogen and oxygen atoms in total. The highest BCUT2D eigenvalue weighted by atomic mass is 19.4. The number of pyridine rings is 1. The standard InChI is InChI=1S/C14H13F3N4O2/c1-21-6-7(4-19-21)9-3-10(9)12(22)20-11-2-8(14(15,16)17)5-18-13(11)23/h2,4-6,9-10H,3H2,1H3,(H,18,23)(H,20,22)/t9-,10+/m1/s1. The van der Waals surface area contributed by atoms with E-state index in [4.69, 9.17) is 0 Å². The first-order valence-electron chi connectivity index (χ1n) is 6.85. The minimum Gasteiger partial charge on any atom is -0.327 e. The Morgan fingerprint density at radius 1 is 1.48 bits per heavy atom. The highest BCUT2D eigenvalue weighted by molar-refractivity contribution is 5.95. The maximum absolute atomic E-state index is 12.6. The average Bonchev–Trinajstić information content (AvgIpc) is 3.15. The van der Waals surface area contributed by atoms with E-state index in [1.54, 1.807) is 24.1 Å². The molecule has 0 spiro atoms. The third-order valence-corrected chi connectivity index (χ3v) is 3.77. The smallest absolute Gasteiger partial charge is 0.327 e. The van der Waals surface area contributed by atoms with Crippen molar-refractivity contribution in [3.63, 3.8) is 0 Å². The van der Waals surface area contributed by atoms with E-state index in [2.05, 4.69) is 10.4 Å². The zero-order valence-electron chi connectivity index (χ0n) is 12.0. The van der Waals surface area contributed by atoms with Gasteiger partial charge in [-0.05, 0) is 24.0 Å². The molecule has 1 saturated carbocycles. The summed E-state index contributed by atoms with van der Waals surface area (Å²) in [5.41, 5.74) is -1.30. The number of rotatable bonds is 3. The number of nitrogens with one attached hydrogen (secondary N) is 2. The molecule has 2 atom stereocenters. The van der Waals surface area contributed by atoms with E-state index >= 15 is 0 Å². The predicted molar refractivity (Wildman–Crippen MR) is 74.8 cm³/mol. The molecule has 2 aromatic rings. The molecule has 9 heteroatoms. The molecular weight excluding hydrogens is 313 g/mol. The van der Waals surface area contributed by atoms with Gasteiger partial charge in [0.05, 0.1) is 11.8 Å². The van der Waals surface area contributed by atoms with Gasteiger partial charge in [0.1, 0.15) is 5.69 Å². The van der Waals surface area contributed by atoms with E-state index in [0.717, 1.165) is 5.56 Å². The Morgan fingerprint density at radius 2 is 2.22 bits per heavy atom. The van der Waals surface area contributed by atoms with Crippen LogP contribution in [0, 0.1) is 5.92 Å². The Morgan fingerprint density at radius 3 is 2.83 bits per heavy atom. The van der Waals surface area contributed by atoms with Gasteiger partial charge in [-0.1, -0.05) is 0 Å². The number of amides is 1. The number of anilines is 1. The molecule has 0 bridgehead atoms. The molecule has 23 heavy (non-hydrogen) atoms. The van der Waals surface area contributed by atoms with E-state index in [1.807, 2.05) is 4.98 Å². The lowest BCUT2D eigenvalue weighted by molar-refractivity contribution is -0.137. The first-order valence-corrected chi connectivity index (χ1v) is 6.85. The van der Waals surface area contributed by atoms with Crippen molar-refractivity contribution in [3.8, 4) is 0 Å². The number of carbonyl (C=O) groups excluding carboxylic acids is 1. The average molecular weight is 326 g/mol. The third-order valence-electron chi connectivity index (χ3n) is 3.77. The molecule has 0 unspecified atom stereocenters. The van der Waals surface area contributed by atoms with Gasteiger partial charge in [-0.2, -0.15) is 18.3 Å². The summed E-state index contributed by atoms with van der Waals surface area (Å²) in [7, 11) is 1.75. The van der Waals surface area contributed by atoms with Crippen molar-refractivity contribution >= 4 is 11.6 Å². The lowest BCUT2D eigenvalue weighted by Crippen LogP contribution is -2.22. The van der Waals surface area contributed by atoms with Crippen molar-refractivity contribution in [2.24, 2.45) is 13.0 Å². The van der Waals surface area contributed by atoms with E-state index < -0.39 is 28.9 Å². The summed E-state index contributed by atoms with van der Waals surface area (Å²) in [5, 5.41) is 6.29. The number of alkyl halides is 3. The molecule has 0 saturated heterocycles. The number of aromatic nitrogens is 3. The Hall–Kier alpha value is -2.58. The molecule has 2 heterocycles. The fourth-order valence-electron chi connectivity index (χ4n) is 2.45. The zero-order chi connectivity index (χ0) is 16.8. The van der Waals surface area contributed by atoms with Crippen LogP contribution in [0.3, 0.4) is 0 Å². The van der Waals surface area contributed by atoms with Crippen LogP contribution < -0.4 is 10.9 Å². The largest absolute Gasteiger partial charge is 0.417 e. The highest BCUT2D eigenvalue weighted by Crippen LogP contribution is 2.47. The second-order valence-electron chi connectivity index (χ2n) is 5.51. The molecule has 2 aromatic heterocycles. The van der Waals surface area contributed by atoms with Crippen molar-refractivity contribution in [2.45, 2.75) is 18.5 Å². The lowest BCUT2D eigenvalue weighted by Gasteiger charge is -2.09. The Labute approximate surface area is 128 Å². The van der Waals surface area contributed by atoms with Gasteiger partial charge in [-0.15, -0.1) is 0 Å². The molecule has 0 radical (unpaired) electrons. The summed E-state index contributed by atoms with van der Waals surface area (Å²) in [4.78, 5) is 25.7. The SMILES string of the molecule is Cn1cc([C@H]2C[C@@H]2C(=O)Nc2cc(C(F)(F)F)c[nH]c2=O)cn1. The van der Waals surface area contributed by atoms with Crippen molar-refractivity contribution in [3.05, 3.63) is 46.1 Å². The molecule has 122 valence electrons. The van der Waals surface area contributed by atoms with Gasteiger partial charge in [0.15, 0.2) is 0 Å². The van der Waals surface area contributed by atoms with Crippen LogP contribution in [0.25, 0.3) is 0 Å². The molecular formula is C14H13F3N4O2. The van der Waals surface area contributed by atoms with Crippen LogP contribution in [0.15, 0.2) is 29.5 Å². The Kier molecular flexibility index (Phi) is 3.50. The second kappa shape index (κ2) is 5.25. The van der Waals surface area contributed by atoms with Gasteiger partial charge in [0, 0.05) is 25.4 Å². The number of hydrogen-bond acceptors (Lipinski definition) is 3. The maximum atomic E-state index is 12.6. The van der Waals surface area contributed by atoms with E-state index in [9.17, 15) is 22.8 Å². The highest BCUT2D eigenvalue weighted by Gasteiger charge is 2.44. The summed E-state index contributed by atoms with van der Waals surface area (Å²) in [6, 6.07) is 0.637. The van der Waals surface area contributed by atoms with Crippen LogP contribution in [-0.4, -0.2) is 20.7 Å². The van der Waals surface area contributed by atoms with Crippen molar-refractivity contribution in [1.82, 2.24) is 14.8 Å². The van der Waals surface area contributed by atoms with Crippen LogP contribution >= 0.6 is 0 Å². The fourth-order valence-corrected chi connectivity index (χ4v) is 2.45. The summed E-state index contributed by atoms with van der Waals surface area (Å²) in [5.74, 6) is -0.856. The molecule has 1 aliphatic rings. The van der Waals surface area contributed by atoms with Gasteiger partial charge >= 0.3 is 6.18 Å². The first kappa shape index (κ1) is 15.3. The van der Waals surface area contributed by atoms with Gasteiger partial charge in [-0.3, -0.25) is 14.3 Å². The van der Waals surface area contributed by atoms with Crippen LogP contribution in [0.4, 0.5) is 18.9 Å². The Balaban J connectivity index is 1.73. The summed E-state index contributed by atoms with van der Waals surface area (Å²) >= 11 is 0. The number of carbonyl (C=O) groups is 1. The molecule has 1 fully saturated rings. The van der Waals surface area contributed by atoms with E-state index in [0.29, 0.717) is 18.7 Å². The number of halogens is 3. The second-order valence-corrected chi connectivity index (χ2v) is 5.51. The van der Waals surface area contributed by atoms with Gasteiger partial charge in [-0.25, -0.2) is 0 Å². The fraction of sp³-hybridized carbons (Fsp3) is 0.357. The number of hydrogen-bond donors (Lipinski definition) is 2. The van der Waals surface area contributed by atoms with Gasteiger partial charge in [0.25, 0.3) is 5.56 Å². The third kappa shape index (κ3) is 3.13. The molecule has 0 aromatic carbocycles. The quantitative estimate of drug-likeness (QED) is 0.904. The topological polar surface area (TPSA) is 79.8 Å². The van der Waals surface area contributed by atoms with E-state index in [1.165, 1.54) is 0 Å². The molecule has 3 rings (SSSR count). The van der Waals surface area contributed by atoms with Crippen molar-refractivity contribution in [1.29, 1.82) is 0 Å². The zero-order valence-corrected chi connectivity index (χ0v) is 12.0. The molecule has 1 amide bonds. The van der Waals surface area contributed by atoms with Gasteiger partial charge < -0.3 is 10.3 Å². The number of nitrogens with zero attached hydrogens (tertiary/aromatic N) is 2. The lowest BCUT2D eigenvalue weighted by atomic mass is 10.2. The molecule has 0 aliphatic heterocycles. The van der Waals surface area contributed by atoms with Crippen LogP contribution in [0.1, 0.15) is 23.5 Å². The predicted octanol–water partition coefficient (Wildman–Crippen LogP) is 1.87. The molecule has 1 aliphatic carbocycles. The van der Waals surface area contributed by atoms with Crippen LogP contribution in [-0.2, 0) is 18.0 Å². The summed E-state index contributed by atoms with van der Waals surface area (Å²) < 4.78 is 39.6. The normalized spacial score (nSPS) is 20.3. The van der Waals surface area contributed by atoms with Crippen molar-refractivity contribution < 1.29 is 18.0 Å². The Bertz CT molecular complexity index is 809. The van der Waals surface area contributed by atoms with Crippen molar-refractivity contribution in [2.75, 3.05) is 5.32 Å². The van der Waals surface area contributed by atoms with Gasteiger partial charge in [0.2, 0.25) is 5.91 Å². The first-order chi connectivity index (χ1) is 10.8. The molecule has 2 N–H and O–H groups in total. The minimum absolute atomic E-state index is 0.0198. The minimum atomic E-state index is -4.60.